The van der Waals surface area contributed by atoms with Crippen molar-refractivity contribution in [2.24, 2.45) is 0 Å². The van der Waals surface area contributed by atoms with Gasteiger partial charge in [0.05, 0.1) is 13.1 Å². The van der Waals surface area contributed by atoms with E-state index in [9.17, 15) is 36.6 Å². The first-order valence-electron chi connectivity index (χ1n) is 12.1. The standard InChI is InChI=1S/C26H20F5N5O5/c27-25(28)12-36(13-25)17(37)10-11-32-23(39)20(38)15-6-8-16(9-7-15)22-33-24(41-35-22)21-18(26(29,30)31)19(34-40-21)14-4-2-1-3-5-14/h1-9,20,38H,10-13H2,(H,32,39). The van der Waals surface area contributed by atoms with Crippen LogP contribution in [0, 0.1) is 0 Å². The van der Waals surface area contributed by atoms with E-state index >= 15 is 0 Å². The molecule has 1 atom stereocenters. The fourth-order valence-electron chi connectivity index (χ4n) is 4.13. The number of carbonyl (C=O) groups excluding carboxylic acids is 2. The molecule has 2 aromatic carbocycles. The minimum atomic E-state index is -4.84. The third-order valence-electron chi connectivity index (χ3n) is 6.21. The summed E-state index contributed by atoms with van der Waals surface area (Å²) in [6.45, 7) is -1.48. The molecule has 1 aliphatic rings. The number of nitrogens with one attached hydrogen (secondary N) is 1. The Bertz CT molecular complexity index is 1540. The van der Waals surface area contributed by atoms with Crippen LogP contribution in [0.25, 0.3) is 34.3 Å². The number of aliphatic hydroxyl groups excluding tert-OH is 1. The summed E-state index contributed by atoms with van der Waals surface area (Å²) in [5.41, 5.74) is -0.973. The lowest BCUT2D eigenvalue weighted by atomic mass is 10.1. The van der Waals surface area contributed by atoms with Crippen molar-refractivity contribution >= 4 is 11.8 Å². The first-order chi connectivity index (χ1) is 19.4. The maximum Gasteiger partial charge on any atom is 0.422 e. The fraction of sp³-hybridized carbons (Fsp3) is 0.269. The van der Waals surface area contributed by atoms with Crippen LogP contribution in [0.15, 0.2) is 63.6 Å². The minimum Gasteiger partial charge on any atom is -0.378 e. The molecule has 1 unspecified atom stereocenters. The molecular weight excluding hydrogens is 557 g/mol. The normalized spacial score (nSPS) is 15.3. The average Bonchev–Trinajstić information content (AvgIpc) is 3.59. The number of amides is 2. The third kappa shape index (κ3) is 5.94. The van der Waals surface area contributed by atoms with E-state index in [0.29, 0.717) is 5.56 Å². The van der Waals surface area contributed by atoms with Crippen LogP contribution in [0.5, 0.6) is 0 Å². The zero-order valence-electron chi connectivity index (χ0n) is 20.9. The molecule has 214 valence electrons. The third-order valence-corrected chi connectivity index (χ3v) is 6.21. The molecular formula is C26H20F5N5O5. The first kappa shape index (κ1) is 27.9. The van der Waals surface area contributed by atoms with Gasteiger partial charge < -0.3 is 24.4 Å². The largest absolute Gasteiger partial charge is 0.422 e. The quantitative estimate of drug-likeness (QED) is 0.299. The molecule has 4 aromatic rings. The van der Waals surface area contributed by atoms with Crippen LogP contribution in [-0.2, 0) is 15.8 Å². The van der Waals surface area contributed by atoms with Gasteiger partial charge in [0.1, 0.15) is 11.3 Å². The van der Waals surface area contributed by atoms with Gasteiger partial charge in [-0.05, 0) is 5.56 Å². The smallest absolute Gasteiger partial charge is 0.378 e. The number of likely N-dealkylation sites (tertiary alicyclic amines) is 1. The van der Waals surface area contributed by atoms with Crippen LogP contribution in [0.3, 0.4) is 0 Å². The molecule has 1 aliphatic heterocycles. The molecule has 1 fully saturated rings. The summed E-state index contributed by atoms with van der Waals surface area (Å²) >= 11 is 0. The molecule has 0 bridgehead atoms. The number of halogens is 5. The molecule has 2 aromatic heterocycles. The molecule has 2 amide bonds. The predicted octanol–water partition coefficient (Wildman–Crippen LogP) is 4.09. The molecule has 2 N–H and O–H groups in total. The van der Waals surface area contributed by atoms with Crippen molar-refractivity contribution in [3.05, 3.63) is 65.7 Å². The molecule has 1 saturated heterocycles. The predicted molar refractivity (Wildman–Crippen MR) is 130 cm³/mol. The summed E-state index contributed by atoms with van der Waals surface area (Å²) < 4.78 is 77.5. The van der Waals surface area contributed by atoms with E-state index < -0.39 is 66.0 Å². The molecule has 0 spiro atoms. The van der Waals surface area contributed by atoms with E-state index in [1.807, 2.05) is 0 Å². The lowest BCUT2D eigenvalue weighted by Gasteiger charge is -2.38. The van der Waals surface area contributed by atoms with Gasteiger partial charge in [-0.25, -0.2) is 8.78 Å². The van der Waals surface area contributed by atoms with Crippen LogP contribution < -0.4 is 5.32 Å². The summed E-state index contributed by atoms with van der Waals surface area (Å²) in [4.78, 5) is 29.1. The summed E-state index contributed by atoms with van der Waals surface area (Å²) in [6.07, 6.45) is -6.67. The number of hydrogen-bond acceptors (Lipinski definition) is 8. The maximum absolute atomic E-state index is 13.9. The average molecular weight is 577 g/mol. The van der Waals surface area contributed by atoms with Gasteiger partial charge in [-0.2, -0.15) is 18.2 Å². The van der Waals surface area contributed by atoms with Crippen molar-refractivity contribution in [2.45, 2.75) is 24.6 Å². The second-order valence-corrected chi connectivity index (χ2v) is 9.19. The topological polar surface area (TPSA) is 135 Å². The van der Waals surface area contributed by atoms with Crippen molar-refractivity contribution in [3.8, 4) is 34.3 Å². The van der Waals surface area contributed by atoms with Crippen LogP contribution in [0.2, 0.25) is 0 Å². The van der Waals surface area contributed by atoms with Gasteiger partial charge in [0.15, 0.2) is 6.10 Å². The minimum absolute atomic E-state index is 0.0913. The summed E-state index contributed by atoms with van der Waals surface area (Å²) in [5.74, 6) is -5.65. The second-order valence-electron chi connectivity index (χ2n) is 9.19. The van der Waals surface area contributed by atoms with Gasteiger partial charge in [-0.3, -0.25) is 9.59 Å². The van der Waals surface area contributed by atoms with E-state index in [0.717, 1.165) is 4.90 Å². The molecule has 5 rings (SSSR count). The number of aliphatic hydroxyl groups is 1. The van der Waals surface area contributed by atoms with Gasteiger partial charge in [0.2, 0.25) is 17.5 Å². The van der Waals surface area contributed by atoms with Crippen LogP contribution in [-0.4, -0.2) is 62.7 Å². The number of carbonyl (C=O) groups is 2. The fourth-order valence-corrected chi connectivity index (χ4v) is 4.13. The lowest BCUT2D eigenvalue weighted by molar-refractivity contribution is -0.165. The number of aromatic nitrogens is 3. The Kier molecular flexibility index (Phi) is 7.29. The number of rotatable bonds is 8. The van der Waals surface area contributed by atoms with Gasteiger partial charge >= 0.3 is 6.18 Å². The van der Waals surface area contributed by atoms with Crippen molar-refractivity contribution in [2.75, 3.05) is 19.6 Å². The Morgan fingerprint density at radius 3 is 2.32 bits per heavy atom. The molecule has 41 heavy (non-hydrogen) atoms. The Morgan fingerprint density at radius 2 is 1.68 bits per heavy atom. The Labute approximate surface area is 227 Å². The van der Waals surface area contributed by atoms with E-state index in [2.05, 4.69) is 20.6 Å². The van der Waals surface area contributed by atoms with Gasteiger partial charge in [0.25, 0.3) is 17.7 Å². The molecule has 15 heteroatoms. The molecule has 10 nitrogen and oxygen atoms in total. The molecule has 3 heterocycles. The Balaban J connectivity index is 1.24. The highest BCUT2D eigenvalue weighted by Gasteiger charge is 2.46. The zero-order chi connectivity index (χ0) is 29.4. The summed E-state index contributed by atoms with van der Waals surface area (Å²) in [6, 6.07) is 13.2. The Morgan fingerprint density at radius 1 is 1.00 bits per heavy atom. The molecule has 0 aliphatic carbocycles. The second kappa shape index (κ2) is 10.7. The highest BCUT2D eigenvalue weighted by molar-refractivity contribution is 5.83. The number of benzene rings is 2. The van der Waals surface area contributed by atoms with Crippen molar-refractivity contribution in [1.29, 1.82) is 0 Å². The van der Waals surface area contributed by atoms with Crippen molar-refractivity contribution < 1.29 is 45.7 Å². The highest BCUT2D eigenvalue weighted by atomic mass is 19.4. The molecule has 0 saturated carbocycles. The number of hydrogen-bond donors (Lipinski definition) is 2. The highest BCUT2D eigenvalue weighted by Crippen LogP contribution is 2.43. The van der Waals surface area contributed by atoms with E-state index in [4.69, 9.17) is 9.05 Å². The molecule has 0 radical (unpaired) electrons. The summed E-state index contributed by atoms with van der Waals surface area (Å²) in [5, 5.41) is 20.0. The zero-order valence-corrected chi connectivity index (χ0v) is 20.9. The van der Waals surface area contributed by atoms with Crippen molar-refractivity contribution in [3.63, 3.8) is 0 Å². The van der Waals surface area contributed by atoms with E-state index in [1.54, 1.807) is 18.2 Å². The van der Waals surface area contributed by atoms with Crippen LogP contribution >= 0.6 is 0 Å². The van der Waals surface area contributed by atoms with Gasteiger partial charge in [-0.15, -0.1) is 0 Å². The summed E-state index contributed by atoms with van der Waals surface area (Å²) in [7, 11) is 0. The lowest BCUT2D eigenvalue weighted by Crippen LogP contribution is -2.58. The van der Waals surface area contributed by atoms with Gasteiger partial charge in [-0.1, -0.05) is 64.9 Å². The monoisotopic (exact) mass is 577 g/mol. The van der Waals surface area contributed by atoms with Crippen LogP contribution in [0.1, 0.15) is 23.7 Å². The number of nitrogens with zero attached hydrogens (tertiary/aromatic N) is 4. The van der Waals surface area contributed by atoms with Crippen LogP contribution in [0.4, 0.5) is 22.0 Å². The maximum atomic E-state index is 13.9. The van der Waals surface area contributed by atoms with Crippen molar-refractivity contribution in [1.82, 2.24) is 25.5 Å². The SMILES string of the molecule is O=C(NCCC(=O)N1CC(F)(F)C1)C(O)c1ccc(-c2noc(-c3onc(-c4ccccc4)c3C(F)(F)F)n2)cc1. The van der Waals surface area contributed by atoms with E-state index in [1.165, 1.54) is 36.4 Å². The number of alkyl halides is 5. The van der Waals surface area contributed by atoms with E-state index in [-0.39, 0.29) is 29.9 Å². The first-order valence-corrected chi connectivity index (χ1v) is 12.1. The van der Waals surface area contributed by atoms with Gasteiger partial charge in [0, 0.05) is 24.1 Å². The Hall–Kier alpha value is -4.66.